The van der Waals surface area contributed by atoms with Gasteiger partial charge in [0.2, 0.25) is 0 Å². The first-order valence-corrected chi connectivity index (χ1v) is 13.5. The maximum absolute atomic E-state index is 15.1. The number of allylic oxidation sites excluding steroid dienone is 2. The van der Waals surface area contributed by atoms with Crippen molar-refractivity contribution in [1.29, 1.82) is 0 Å². The Balaban J connectivity index is 1.45. The van der Waals surface area contributed by atoms with Crippen molar-refractivity contribution < 1.29 is 13.2 Å². The number of aryl methyl sites for hydroxylation is 1. The third-order valence-corrected chi connectivity index (χ3v) is 7.76. The van der Waals surface area contributed by atoms with Gasteiger partial charge in [-0.1, -0.05) is 74.0 Å². The Kier molecular flexibility index (Phi) is 9.07. The molecule has 0 unspecified atom stereocenters. The summed E-state index contributed by atoms with van der Waals surface area (Å²) in [6.45, 7) is 4.09. The Morgan fingerprint density at radius 3 is 2.11 bits per heavy atom. The molecule has 0 amide bonds. The largest absolute Gasteiger partial charge is 0.206 e. The van der Waals surface area contributed by atoms with Gasteiger partial charge >= 0.3 is 0 Å². The monoisotopic (exact) mass is 490 g/mol. The van der Waals surface area contributed by atoms with Gasteiger partial charge < -0.3 is 0 Å². The van der Waals surface area contributed by atoms with Crippen LogP contribution in [0.1, 0.15) is 82.3 Å². The molecule has 3 aromatic carbocycles. The number of rotatable bonds is 9. The Morgan fingerprint density at radius 2 is 1.47 bits per heavy atom. The van der Waals surface area contributed by atoms with E-state index >= 15 is 4.39 Å². The highest BCUT2D eigenvalue weighted by molar-refractivity contribution is 5.71. The first-order valence-electron chi connectivity index (χ1n) is 13.5. The number of hydrogen-bond acceptors (Lipinski definition) is 0. The van der Waals surface area contributed by atoms with Gasteiger partial charge in [0.25, 0.3) is 0 Å². The van der Waals surface area contributed by atoms with Crippen LogP contribution < -0.4 is 0 Å². The molecule has 3 heteroatoms. The summed E-state index contributed by atoms with van der Waals surface area (Å²) in [5.74, 6) is -0.604. The van der Waals surface area contributed by atoms with Gasteiger partial charge in [0.15, 0.2) is 11.6 Å². The summed E-state index contributed by atoms with van der Waals surface area (Å²) in [7, 11) is 0. The quantitative estimate of drug-likeness (QED) is 0.262. The molecule has 0 radical (unpaired) electrons. The van der Waals surface area contributed by atoms with Crippen LogP contribution in [0.25, 0.3) is 22.3 Å². The molecule has 3 aromatic rings. The molecule has 0 aliphatic heterocycles. The third kappa shape index (κ3) is 6.11. The Hall–Kier alpha value is -2.81. The minimum absolute atomic E-state index is 0.229. The molecule has 0 N–H and O–H groups in total. The van der Waals surface area contributed by atoms with Crippen molar-refractivity contribution in [3.05, 3.63) is 95.3 Å². The minimum atomic E-state index is -0.816. The molecule has 0 heterocycles. The van der Waals surface area contributed by atoms with Crippen LogP contribution in [-0.4, -0.2) is 0 Å². The highest BCUT2D eigenvalue weighted by Crippen LogP contribution is 2.39. The molecule has 0 aromatic heterocycles. The lowest BCUT2D eigenvalue weighted by molar-refractivity contribution is 0.311. The topological polar surface area (TPSA) is 0 Å². The summed E-state index contributed by atoms with van der Waals surface area (Å²) < 4.78 is 44.4. The van der Waals surface area contributed by atoms with Crippen LogP contribution in [-0.2, 0) is 6.42 Å². The fraction of sp³-hybridized carbons (Fsp3) is 0.394. The van der Waals surface area contributed by atoms with E-state index in [-0.39, 0.29) is 11.4 Å². The molecule has 0 nitrogen and oxygen atoms in total. The first-order chi connectivity index (χ1) is 17.5. The van der Waals surface area contributed by atoms with Gasteiger partial charge in [0.05, 0.1) is 0 Å². The summed E-state index contributed by atoms with van der Waals surface area (Å²) in [5, 5.41) is 0. The molecular weight excluding hydrogens is 453 g/mol. The second-order valence-electron chi connectivity index (χ2n) is 10.2. The molecule has 0 atom stereocenters. The van der Waals surface area contributed by atoms with Crippen LogP contribution in [0.3, 0.4) is 0 Å². The van der Waals surface area contributed by atoms with Crippen LogP contribution in [0, 0.1) is 23.4 Å². The van der Waals surface area contributed by atoms with E-state index in [2.05, 4.69) is 25.1 Å². The molecule has 190 valence electrons. The average Bonchev–Trinajstić information content (AvgIpc) is 2.90. The Bertz CT molecular complexity index is 1170. The van der Waals surface area contributed by atoms with Crippen LogP contribution in [0.4, 0.5) is 13.2 Å². The zero-order valence-electron chi connectivity index (χ0n) is 21.5. The van der Waals surface area contributed by atoms with Crippen LogP contribution in [0.2, 0.25) is 0 Å². The molecule has 36 heavy (non-hydrogen) atoms. The van der Waals surface area contributed by atoms with E-state index in [0.29, 0.717) is 29.0 Å². The van der Waals surface area contributed by atoms with Crippen molar-refractivity contribution in [1.82, 2.24) is 0 Å². The minimum Gasteiger partial charge on any atom is -0.206 e. The molecule has 1 aliphatic carbocycles. The zero-order valence-corrected chi connectivity index (χ0v) is 21.5. The van der Waals surface area contributed by atoms with Crippen LogP contribution in [0.5, 0.6) is 0 Å². The molecule has 0 bridgehead atoms. The molecular formula is C33H37F3. The van der Waals surface area contributed by atoms with E-state index in [4.69, 9.17) is 0 Å². The third-order valence-electron chi connectivity index (χ3n) is 7.76. The summed E-state index contributed by atoms with van der Waals surface area (Å²) in [5.41, 5.74) is 3.58. The van der Waals surface area contributed by atoms with E-state index < -0.39 is 11.6 Å². The lowest BCUT2D eigenvalue weighted by Crippen LogP contribution is -2.13. The van der Waals surface area contributed by atoms with Crippen LogP contribution >= 0.6 is 0 Å². The summed E-state index contributed by atoms with van der Waals surface area (Å²) >= 11 is 0. The fourth-order valence-electron chi connectivity index (χ4n) is 5.50. The maximum atomic E-state index is 15.1. The predicted octanol–water partition coefficient (Wildman–Crippen LogP) is 10.4. The van der Waals surface area contributed by atoms with Gasteiger partial charge in [-0.2, -0.15) is 0 Å². The highest BCUT2D eigenvalue weighted by atomic mass is 19.2. The molecule has 0 saturated heterocycles. The van der Waals surface area contributed by atoms with E-state index in [1.807, 2.05) is 13.0 Å². The fourth-order valence-corrected chi connectivity index (χ4v) is 5.50. The highest BCUT2D eigenvalue weighted by Gasteiger charge is 2.23. The van der Waals surface area contributed by atoms with E-state index in [1.54, 1.807) is 42.5 Å². The van der Waals surface area contributed by atoms with Gasteiger partial charge in [-0.3, -0.25) is 0 Å². The van der Waals surface area contributed by atoms with Crippen molar-refractivity contribution in [3.8, 4) is 22.3 Å². The zero-order chi connectivity index (χ0) is 25.5. The lowest BCUT2D eigenvalue weighted by atomic mass is 9.77. The maximum Gasteiger partial charge on any atom is 0.166 e. The second kappa shape index (κ2) is 12.4. The molecule has 0 spiro atoms. The SMILES string of the molecule is C/C=C/CCC1CCC(c2ccc(-c3ccc(-c4ccc(CCCC)c(F)c4F)cc3)c(F)c2)CC1. The summed E-state index contributed by atoms with van der Waals surface area (Å²) in [6.07, 6.45) is 13.7. The van der Waals surface area contributed by atoms with Gasteiger partial charge in [0, 0.05) is 11.1 Å². The summed E-state index contributed by atoms with van der Waals surface area (Å²) in [4.78, 5) is 0. The Labute approximate surface area is 214 Å². The van der Waals surface area contributed by atoms with Gasteiger partial charge in [-0.15, -0.1) is 0 Å². The molecule has 1 fully saturated rings. The van der Waals surface area contributed by atoms with E-state index in [9.17, 15) is 8.78 Å². The normalized spacial score (nSPS) is 18.1. The predicted molar refractivity (Wildman–Crippen MR) is 145 cm³/mol. The van der Waals surface area contributed by atoms with Crippen molar-refractivity contribution in [2.75, 3.05) is 0 Å². The number of benzene rings is 3. The van der Waals surface area contributed by atoms with Gasteiger partial charge in [0.1, 0.15) is 5.82 Å². The number of unbranched alkanes of at least 4 members (excludes halogenated alkanes) is 1. The number of hydrogen-bond donors (Lipinski definition) is 0. The molecule has 1 aliphatic rings. The second-order valence-corrected chi connectivity index (χ2v) is 10.2. The first kappa shape index (κ1) is 26.3. The van der Waals surface area contributed by atoms with Crippen molar-refractivity contribution in [2.45, 2.75) is 77.6 Å². The van der Waals surface area contributed by atoms with Crippen LogP contribution in [0.15, 0.2) is 66.7 Å². The standard InChI is InChI=1S/C33H37F3/c1-3-5-7-8-23-10-12-24(13-11-23)28-19-20-29(31(34)22-28)25-14-16-26(17-15-25)30-21-18-27(9-6-4-2)32(35)33(30)36/h3,5,14-24H,4,6-13H2,1-2H3/b5-3+. The lowest BCUT2D eigenvalue weighted by Gasteiger charge is -2.28. The van der Waals surface area contributed by atoms with E-state index in [1.165, 1.54) is 19.3 Å². The van der Waals surface area contributed by atoms with Gasteiger partial charge in [-0.05, 0) is 98.4 Å². The average molecular weight is 491 g/mol. The molecule has 4 rings (SSSR count). The van der Waals surface area contributed by atoms with Crippen molar-refractivity contribution in [3.63, 3.8) is 0 Å². The summed E-state index contributed by atoms with van der Waals surface area (Å²) in [6, 6.07) is 16.0. The van der Waals surface area contributed by atoms with E-state index in [0.717, 1.165) is 49.1 Å². The smallest absolute Gasteiger partial charge is 0.166 e. The van der Waals surface area contributed by atoms with Crippen molar-refractivity contribution in [2.24, 2.45) is 5.92 Å². The molecule has 1 saturated carbocycles. The van der Waals surface area contributed by atoms with Crippen molar-refractivity contribution >= 4 is 0 Å². The Morgan fingerprint density at radius 1 is 0.806 bits per heavy atom. The number of halogens is 3. The van der Waals surface area contributed by atoms with Gasteiger partial charge in [-0.25, -0.2) is 13.2 Å².